The van der Waals surface area contributed by atoms with Crippen LogP contribution in [0.4, 0.5) is 0 Å². The molecule has 0 aromatic heterocycles. The minimum Gasteiger partial charge on any atom is -0.469 e. The highest BCUT2D eigenvalue weighted by atomic mass is 31.2. The van der Waals surface area contributed by atoms with Gasteiger partial charge in [0, 0.05) is 6.54 Å². The highest BCUT2D eigenvalue weighted by Crippen LogP contribution is 2.60. The second-order valence-corrected chi connectivity index (χ2v) is 10.4. The van der Waals surface area contributed by atoms with Crippen molar-refractivity contribution in [1.29, 1.82) is 0 Å². The third-order valence-electron chi connectivity index (χ3n) is 3.53. The fraction of sp³-hybridized carbons (Fsp3) is 0.786. The summed E-state index contributed by atoms with van der Waals surface area (Å²) in [6, 6.07) is -0.919. The third-order valence-corrected chi connectivity index (χ3v) is 5.94. The molecule has 1 fully saturated rings. The number of hydrogen-bond acceptors (Lipinski definition) is 9. The molecule has 1 heterocycles. The maximum atomic E-state index is 12.4. The van der Waals surface area contributed by atoms with Crippen LogP contribution in [-0.4, -0.2) is 81.4 Å². The van der Waals surface area contributed by atoms with Gasteiger partial charge in [-0.25, -0.2) is 5.32 Å². The van der Waals surface area contributed by atoms with Gasteiger partial charge in [0.25, 0.3) is 11.8 Å². The lowest BCUT2D eigenvalue weighted by molar-refractivity contribution is -0.383. The predicted octanol–water partition coefficient (Wildman–Crippen LogP) is -0.972. The van der Waals surface area contributed by atoms with Crippen LogP contribution >= 0.6 is 7.26 Å². The van der Waals surface area contributed by atoms with E-state index >= 15 is 0 Å². The van der Waals surface area contributed by atoms with Crippen LogP contribution in [-0.2, 0) is 33.3 Å². The molecule has 0 aromatic carbocycles. The fourth-order valence-corrected chi connectivity index (χ4v) is 3.88. The van der Waals surface area contributed by atoms with Gasteiger partial charge in [-0.1, -0.05) is 0 Å². The summed E-state index contributed by atoms with van der Waals surface area (Å²) in [5, 5.41) is 15.4. The van der Waals surface area contributed by atoms with Crippen LogP contribution in [0.1, 0.15) is 13.3 Å². The Kier molecular flexibility index (Phi) is 7.70. The topological polar surface area (TPSA) is 132 Å². The van der Waals surface area contributed by atoms with E-state index in [1.807, 2.05) is 13.3 Å². The van der Waals surface area contributed by atoms with E-state index in [0.717, 1.165) is 0 Å². The Morgan fingerprint density at radius 3 is 2.52 bits per heavy atom. The van der Waals surface area contributed by atoms with Gasteiger partial charge in [0.15, 0.2) is 6.35 Å². The van der Waals surface area contributed by atoms with Crippen LogP contribution in [0.5, 0.6) is 0 Å². The van der Waals surface area contributed by atoms with Crippen molar-refractivity contribution < 1.29 is 38.4 Å². The largest absolute Gasteiger partial charge is 0.469 e. The number of amides is 1. The second kappa shape index (κ2) is 8.86. The van der Waals surface area contributed by atoms with Gasteiger partial charge in [0.1, 0.15) is 6.04 Å². The zero-order valence-corrected chi connectivity index (χ0v) is 15.9. The summed E-state index contributed by atoms with van der Waals surface area (Å²) in [7, 11) is 0.450. The molecule has 144 valence electrons. The molecule has 1 rings (SSSR count). The molecule has 0 saturated carbocycles. The fourth-order valence-electron chi connectivity index (χ4n) is 2.08. The lowest BCUT2D eigenvalue weighted by atomic mass is 10.3. The Labute approximate surface area is 146 Å². The van der Waals surface area contributed by atoms with Crippen molar-refractivity contribution in [2.24, 2.45) is 0 Å². The van der Waals surface area contributed by atoms with Gasteiger partial charge >= 0.3 is 18.0 Å². The molecule has 0 spiro atoms. The first-order valence-corrected chi connectivity index (χ1v) is 10.6. The summed E-state index contributed by atoms with van der Waals surface area (Å²) < 4.78 is 19.8. The number of methoxy groups -OCH3 is 2. The summed E-state index contributed by atoms with van der Waals surface area (Å²) >= 11 is 0. The first kappa shape index (κ1) is 21.7. The normalized spacial score (nSPS) is 26.4. The summed E-state index contributed by atoms with van der Waals surface area (Å²) in [5.74, 6) is -2.52. The molecule has 3 N–H and O–H groups in total. The first-order valence-electron chi connectivity index (χ1n) is 7.61. The number of aliphatic hydroxyl groups is 1. The van der Waals surface area contributed by atoms with Crippen LogP contribution in [0.25, 0.3) is 0 Å². The number of carbonyl (C=O) groups excluding carboxylic acids is 3. The van der Waals surface area contributed by atoms with Crippen LogP contribution in [0.3, 0.4) is 0 Å². The van der Waals surface area contributed by atoms with Crippen LogP contribution < -0.4 is 10.6 Å². The van der Waals surface area contributed by atoms with E-state index in [1.165, 1.54) is 21.1 Å². The number of rotatable bonds is 7. The molecule has 1 aliphatic heterocycles. The first-order chi connectivity index (χ1) is 11.5. The molecule has 1 aliphatic rings. The molecule has 0 aliphatic carbocycles. The lowest BCUT2D eigenvalue weighted by Gasteiger charge is -2.40. The van der Waals surface area contributed by atoms with Crippen molar-refractivity contribution in [3.63, 3.8) is 0 Å². The molecule has 11 heteroatoms. The van der Waals surface area contributed by atoms with Gasteiger partial charge in [-0.15, -0.1) is 0 Å². The van der Waals surface area contributed by atoms with Crippen molar-refractivity contribution in [2.45, 2.75) is 31.3 Å². The van der Waals surface area contributed by atoms with Gasteiger partial charge < -0.3 is 19.9 Å². The minimum absolute atomic E-state index is 0.0201. The van der Waals surface area contributed by atoms with Crippen molar-refractivity contribution in [1.82, 2.24) is 10.6 Å². The zero-order chi connectivity index (χ0) is 19.3. The molecule has 10 nitrogen and oxygen atoms in total. The predicted molar refractivity (Wildman–Crippen MR) is 88.8 cm³/mol. The molecular weight excluding hydrogens is 355 g/mol. The smallest absolute Gasteiger partial charge is 0.355 e. The maximum absolute atomic E-state index is 12.4. The summed E-state index contributed by atoms with van der Waals surface area (Å²) in [5.41, 5.74) is 0. The molecule has 0 bridgehead atoms. The standard InChI is InChI=1S/C14H25N2O8P/c1-9(12(19)22-3)16-14(20)23-8-25(4,5)13(24-14)11(18)15-7-6-10(17)21-2/h9,13,16,20H,6-8H2,1-5H3/p+1/t9-,13+,14+/m0/s1. The van der Waals surface area contributed by atoms with Gasteiger partial charge in [-0.2, -0.15) is 0 Å². The van der Waals surface area contributed by atoms with E-state index in [2.05, 4.69) is 20.1 Å². The van der Waals surface area contributed by atoms with Crippen molar-refractivity contribution in [3.05, 3.63) is 0 Å². The second-order valence-electron chi connectivity index (χ2n) is 6.11. The molecule has 3 atom stereocenters. The Morgan fingerprint density at radius 2 is 1.96 bits per heavy atom. The Bertz CT molecular complexity index is 515. The summed E-state index contributed by atoms with van der Waals surface area (Å²) in [4.78, 5) is 35.0. The third kappa shape index (κ3) is 6.16. The van der Waals surface area contributed by atoms with Crippen LogP contribution in [0, 0.1) is 0 Å². The van der Waals surface area contributed by atoms with E-state index in [9.17, 15) is 19.5 Å². The molecule has 1 amide bonds. The molecule has 0 aromatic rings. The Balaban J connectivity index is 2.73. The SMILES string of the molecule is COC(=O)CCNC(=O)[C@@H]1O[C@@](O)(N[C@@H](C)C(=O)OC)OC[P+]1(C)C. The number of carbonyl (C=O) groups is 3. The molecule has 1 saturated heterocycles. The van der Waals surface area contributed by atoms with Crippen LogP contribution in [0.15, 0.2) is 0 Å². The van der Waals surface area contributed by atoms with Gasteiger partial charge in [0.2, 0.25) is 0 Å². The van der Waals surface area contributed by atoms with Gasteiger partial charge in [0.05, 0.1) is 41.2 Å². The van der Waals surface area contributed by atoms with E-state index < -0.39 is 43.1 Å². The number of esters is 2. The highest BCUT2D eigenvalue weighted by molar-refractivity contribution is 7.75. The molecule has 0 unspecified atom stereocenters. The monoisotopic (exact) mass is 381 g/mol. The quantitative estimate of drug-likeness (QED) is 0.289. The van der Waals surface area contributed by atoms with E-state index in [1.54, 1.807) is 0 Å². The van der Waals surface area contributed by atoms with Gasteiger partial charge in [-0.3, -0.25) is 23.9 Å². The van der Waals surface area contributed by atoms with E-state index in [0.29, 0.717) is 0 Å². The Hall–Kier alpha value is -1.32. The lowest BCUT2D eigenvalue weighted by Crippen LogP contribution is -2.61. The van der Waals surface area contributed by atoms with Crippen molar-refractivity contribution >= 4 is 25.1 Å². The number of ether oxygens (including phenoxy) is 4. The molecule has 25 heavy (non-hydrogen) atoms. The summed E-state index contributed by atoms with van der Waals surface area (Å²) in [6.07, 6.45) is -2.18. The zero-order valence-electron chi connectivity index (χ0n) is 15.0. The number of nitrogens with one attached hydrogen (secondary N) is 2. The van der Waals surface area contributed by atoms with E-state index in [4.69, 9.17) is 9.47 Å². The van der Waals surface area contributed by atoms with Gasteiger partial charge in [-0.05, 0) is 6.92 Å². The highest BCUT2D eigenvalue weighted by Gasteiger charge is 2.55. The van der Waals surface area contributed by atoms with E-state index in [-0.39, 0.29) is 19.3 Å². The minimum atomic E-state index is -2.30. The average Bonchev–Trinajstić information content (AvgIpc) is 2.56. The van der Waals surface area contributed by atoms with Crippen molar-refractivity contribution in [2.75, 3.05) is 40.4 Å². The van der Waals surface area contributed by atoms with Crippen LogP contribution in [0.2, 0.25) is 0 Å². The average molecular weight is 381 g/mol. The number of hydrogen-bond donors (Lipinski definition) is 3. The maximum Gasteiger partial charge on any atom is 0.355 e. The molecular formula is C14H26N2O8P+. The molecule has 0 radical (unpaired) electrons. The summed E-state index contributed by atoms with van der Waals surface area (Å²) in [6.45, 7) is 5.20. The Morgan fingerprint density at radius 1 is 1.32 bits per heavy atom. The van der Waals surface area contributed by atoms with Crippen molar-refractivity contribution in [3.8, 4) is 0 Å².